The second-order valence-corrected chi connectivity index (χ2v) is 5.97. The highest BCUT2D eigenvalue weighted by Crippen LogP contribution is 2.18. The maximum Gasteiger partial charge on any atom is 0.373 e. The Hall–Kier alpha value is -3.47. The predicted molar refractivity (Wildman–Crippen MR) is 95.1 cm³/mol. The lowest BCUT2D eigenvalue weighted by Gasteiger charge is -2.14. The number of rotatable bonds is 4. The van der Waals surface area contributed by atoms with Crippen molar-refractivity contribution < 1.29 is 28.0 Å². The monoisotopic (exact) mass is 388 g/mol. The summed E-state index contributed by atoms with van der Waals surface area (Å²) in [5.41, 5.74) is -0.410. The van der Waals surface area contributed by atoms with Gasteiger partial charge in [0.1, 0.15) is 5.76 Å². The topological polar surface area (TPSA) is 147 Å². The zero-order valence-electron chi connectivity index (χ0n) is 13.8. The maximum absolute atomic E-state index is 12.1. The van der Waals surface area contributed by atoms with Crippen LogP contribution in [0.15, 0.2) is 49.3 Å². The summed E-state index contributed by atoms with van der Waals surface area (Å²) in [6.45, 7) is 0. The van der Waals surface area contributed by atoms with Gasteiger partial charge in [0.15, 0.2) is 22.5 Å². The number of aliphatic imine (C=N–C) groups is 2. The van der Waals surface area contributed by atoms with Gasteiger partial charge in [-0.1, -0.05) is 11.8 Å². The van der Waals surface area contributed by atoms with Crippen LogP contribution >= 0.6 is 11.8 Å². The first kappa shape index (κ1) is 18.3. The summed E-state index contributed by atoms with van der Waals surface area (Å²) in [6.07, 6.45) is 1.30. The molecule has 0 atom stereocenters. The third kappa shape index (κ3) is 4.20. The molecule has 11 heteroatoms. The van der Waals surface area contributed by atoms with Gasteiger partial charge >= 0.3 is 11.9 Å². The Labute approximate surface area is 156 Å². The summed E-state index contributed by atoms with van der Waals surface area (Å²) in [5, 5.41) is 10.4. The van der Waals surface area contributed by atoms with E-state index < -0.39 is 29.3 Å². The van der Waals surface area contributed by atoms with Crippen molar-refractivity contribution in [1.82, 2.24) is 5.32 Å². The largest absolute Gasteiger partial charge is 0.463 e. The number of hydrogen-bond donors (Lipinski definition) is 2. The van der Waals surface area contributed by atoms with Crippen LogP contribution in [0.2, 0.25) is 0 Å². The number of amides is 2. The fourth-order valence-electron chi connectivity index (χ4n) is 1.98. The van der Waals surface area contributed by atoms with E-state index in [1.165, 1.54) is 31.6 Å². The van der Waals surface area contributed by atoms with Gasteiger partial charge in [0.2, 0.25) is 5.76 Å². The Morgan fingerprint density at radius 3 is 2.81 bits per heavy atom. The number of carbonyl (C=O) groups excluding carboxylic acids is 3. The van der Waals surface area contributed by atoms with Crippen LogP contribution in [0.1, 0.15) is 26.9 Å². The average Bonchev–Trinajstić information content (AvgIpc) is 3.34. The van der Waals surface area contributed by atoms with E-state index in [1.54, 1.807) is 6.07 Å². The molecule has 0 saturated carbocycles. The Balaban J connectivity index is 1.66. The second kappa shape index (κ2) is 7.83. The van der Waals surface area contributed by atoms with E-state index in [9.17, 15) is 14.4 Å². The number of amidine groups is 2. The summed E-state index contributed by atoms with van der Waals surface area (Å²) >= 11 is 1.08. The van der Waals surface area contributed by atoms with E-state index in [-0.39, 0.29) is 22.4 Å². The van der Waals surface area contributed by atoms with E-state index >= 15 is 0 Å². The van der Waals surface area contributed by atoms with Gasteiger partial charge in [0, 0.05) is 0 Å². The fraction of sp³-hybridized carbons (Fsp3) is 0.125. The van der Waals surface area contributed by atoms with Crippen LogP contribution in [0.5, 0.6) is 0 Å². The summed E-state index contributed by atoms with van der Waals surface area (Å²) in [4.78, 5) is 42.8. The molecular weight excluding hydrogens is 376 g/mol. The van der Waals surface area contributed by atoms with Crippen molar-refractivity contribution in [2.45, 2.75) is 5.75 Å². The lowest BCUT2D eigenvalue weighted by molar-refractivity contribution is -0.113. The van der Waals surface area contributed by atoms with E-state index in [2.05, 4.69) is 20.0 Å². The average molecular weight is 388 g/mol. The van der Waals surface area contributed by atoms with Crippen molar-refractivity contribution in [2.75, 3.05) is 7.11 Å². The van der Waals surface area contributed by atoms with Crippen molar-refractivity contribution >= 4 is 46.3 Å². The van der Waals surface area contributed by atoms with Crippen molar-refractivity contribution in [3.05, 3.63) is 47.8 Å². The summed E-state index contributed by atoms with van der Waals surface area (Å²) in [7, 11) is 1.24. The lowest BCUT2D eigenvalue weighted by Crippen LogP contribution is -2.43. The fourth-order valence-corrected chi connectivity index (χ4v) is 2.74. The number of carbonyl (C=O) groups is 3. The Morgan fingerprint density at radius 2 is 2.15 bits per heavy atom. The summed E-state index contributed by atoms with van der Waals surface area (Å²) in [6, 6.07) is 5.96. The molecule has 2 aromatic heterocycles. The van der Waals surface area contributed by atoms with E-state index in [1.807, 2.05) is 0 Å². The first-order valence-electron chi connectivity index (χ1n) is 7.43. The summed E-state index contributed by atoms with van der Waals surface area (Å²) in [5.74, 6) is -1.85. The van der Waals surface area contributed by atoms with Crippen molar-refractivity contribution in [3.8, 4) is 0 Å². The van der Waals surface area contributed by atoms with Crippen molar-refractivity contribution in [1.29, 1.82) is 5.41 Å². The minimum absolute atomic E-state index is 0.0496. The summed E-state index contributed by atoms with van der Waals surface area (Å²) < 4.78 is 14.7. The standard InChI is InChI=1S/C16H12N4O6S/c1-24-15(23)10-5-4-8(26-10)7-27-16-19-12(17)11(14(22)20-16)18-13(21)9-3-2-6-25-9/h2-6H,7H2,1H3,(H2,17,19,20,22). The molecule has 2 aromatic rings. The first-order valence-corrected chi connectivity index (χ1v) is 8.42. The van der Waals surface area contributed by atoms with Gasteiger partial charge in [-0.2, -0.15) is 4.99 Å². The van der Waals surface area contributed by atoms with Gasteiger partial charge in [-0.3, -0.25) is 20.3 Å². The molecule has 10 nitrogen and oxygen atoms in total. The molecule has 0 aliphatic carbocycles. The normalized spacial score (nSPS) is 15.4. The molecular formula is C16H12N4O6S. The van der Waals surface area contributed by atoms with Crippen LogP contribution in [0.3, 0.4) is 0 Å². The van der Waals surface area contributed by atoms with Crippen LogP contribution in [-0.4, -0.2) is 41.6 Å². The molecule has 0 fully saturated rings. The SMILES string of the molecule is COC(=O)c1ccc(CSC2=NC(=N)C(=NC(=O)c3ccco3)C(=O)N2)o1. The third-order valence-electron chi connectivity index (χ3n) is 3.22. The van der Waals surface area contributed by atoms with Crippen LogP contribution in [-0.2, 0) is 15.3 Å². The second-order valence-electron chi connectivity index (χ2n) is 5.01. The molecule has 0 unspecified atom stereocenters. The van der Waals surface area contributed by atoms with E-state index in [0.717, 1.165) is 11.8 Å². The smallest absolute Gasteiger partial charge is 0.373 e. The first-order chi connectivity index (χ1) is 13.0. The minimum Gasteiger partial charge on any atom is -0.463 e. The molecule has 2 amide bonds. The minimum atomic E-state index is -0.785. The van der Waals surface area contributed by atoms with Crippen molar-refractivity contribution in [2.24, 2.45) is 9.98 Å². The van der Waals surface area contributed by atoms with E-state index in [0.29, 0.717) is 5.76 Å². The zero-order valence-corrected chi connectivity index (χ0v) is 14.7. The molecule has 0 spiro atoms. The highest BCUT2D eigenvalue weighted by molar-refractivity contribution is 8.13. The van der Waals surface area contributed by atoms with Crippen LogP contribution in [0, 0.1) is 5.41 Å². The highest BCUT2D eigenvalue weighted by atomic mass is 32.2. The van der Waals surface area contributed by atoms with E-state index in [4.69, 9.17) is 14.2 Å². The Kier molecular flexibility index (Phi) is 5.31. The molecule has 1 aliphatic heterocycles. The van der Waals surface area contributed by atoms with Crippen LogP contribution < -0.4 is 5.32 Å². The Morgan fingerprint density at radius 1 is 1.33 bits per heavy atom. The van der Waals surface area contributed by atoms with Crippen LogP contribution in [0.4, 0.5) is 0 Å². The van der Waals surface area contributed by atoms with Gasteiger partial charge in [-0.25, -0.2) is 9.79 Å². The van der Waals surface area contributed by atoms with Gasteiger partial charge in [0.05, 0.1) is 19.1 Å². The zero-order chi connectivity index (χ0) is 19.4. The number of hydrogen-bond acceptors (Lipinski definition) is 8. The van der Waals surface area contributed by atoms with Crippen molar-refractivity contribution in [3.63, 3.8) is 0 Å². The number of ether oxygens (including phenoxy) is 1. The molecule has 0 bridgehead atoms. The lowest BCUT2D eigenvalue weighted by atomic mass is 10.3. The number of esters is 1. The molecule has 1 aliphatic rings. The molecule has 27 heavy (non-hydrogen) atoms. The third-order valence-corrected chi connectivity index (χ3v) is 4.11. The van der Waals surface area contributed by atoms with Gasteiger partial charge in [0.25, 0.3) is 5.91 Å². The highest BCUT2D eigenvalue weighted by Gasteiger charge is 2.26. The molecule has 3 heterocycles. The number of methoxy groups -OCH3 is 1. The quantitative estimate of drug-likeness (QED) is 0.757. The number of furan rings is 2. The maximum atomic E-state index is 12.1. The molecule has 138 valence electrons. The van der Waals surface area contributed by atoms with Gasteiger partial charge in [-0.15, -0.1) is 0 Å². The number of nitrogens with zero attached hydrogens (tertiary/aromatic N) is 2. The van der Waals surface area contributed by atoms with Gasteiger partial charge < -0.3 is 13.6 Å². The predicted octanol–water partition coefficient (Wildman–Crippen LogP) is 1.64. The molecule has 0 aromatic carbocycles. The van der Waals surface area contributed by atoms with Gasteiger partial charge in [-0.05, 0) is 24.3 Å². The molecule has 0 radical (unpaired) electrons. The molecule has 0 saturated heterocycles. The molecule has 3 rings (SSSR count). The van der Waals surface area contributed by atoms with Crippen LogP contribution in [0.25, 0.3) is 0 Å². The number of nitrogens with one attached hydrogen (secondary N) is 2. The molecule has 2 N–H and O–H groups in total. The Bertz CT molecular complexity index is 973. The number of thioether (sulfide) groups is 1.